The van der Waals surface area contributed by atoms with Crippen molar-refractivity contribution < 1.29 is 9.94 Å². The Hall–Kier alpha value is -3.16. The molecule has 0 saturated carbocycles. The van der Waals surface area contributed by atoms with Gasteiger partial charge in [-0.05, 0) is 29.8 Å². The second kappa shape index (κ2) is 8.03. The molecule has 0 atom stereocenters. The lowest BCUT2D eigenvalue weighted by Crippen LogP contribution is -2.07. The zero-order valence-corrected chi connectivity index (χ0v) is 10.6. The average Bonchev–Trinajstić information content (AvgIpc) is 2.47. The van der Waals surface area contributed by atoms with Crippen molar-refractivity contribution >= 4 is 12.6 Å². The minimum absolute atomic E-state index is 0.130. The summed E-state index contributed by atoms with van der Waals surface area (Å²) in [6.07, 6.45) is 2.53. The Morgan fingerprint density at radius 2 is 1.80 bits per heavy atom. The van der Waals surface area contributed by atoms with Crippen molar-refractivity contribution in [2.45, 2.75) is 0 Å². The molecule has 100 valence electrons. The predicted octanol–water partition coefficient (Wildman–Crippen LogP) is 1.25. The number of allylic oxidation sites excluding steroid dienone is 2. The molecule has 1 aromatic carbocycles. The molecule has 7 nitrogen and oxygen atoms in total. The number of hydrogen-bond acceptors (Lipinski definition) is 6. The lowest BCUT2D eigenvalue weighted by Gasteiger charge is -1.95. The van der Waals surface area contributed by atoms with Crippen molar-refractivity contribution in [3.05, 3.63) is 41.2 Å². The zero-order valence-electron chi connectivity index (χ0n) is 10.6. The first-order valence-electron chi connectivity index (χ1n) is 5.40. The van der Waals surface area contributed by atoms with Gasteiger partial charge in [0.05, 0.1) is 7.11 Å². The number of phenols is 1. The smallest absolute Gasteiger partial charge is 0.178 e. The topological polar surface area (TPSA) is 114 Å². The SMILES string of the molecule is CONC=N/C(C#N)=C(/C#N)N=Cc1ccc(O)cc1. The Balaban J connectivity index is 2.97. The summed E-state index contributed by atoms with van der Waals surface area (Å²) in [6.45, 7) is 0. The third-order valence-corrected chi connectivity index (χ3v) is 2.04. The maximum Gasteiger partial charge on any atom is 0.178 e. The van der Waals surface area contributed by atoms with Crippen molar-refractivity contribution in [2.24, 2.45) is 9.98 Å². The fourth-order valence-corrected chi connectivity index (χ4v) is 1.13. The van der Waals surface area contributed by atoms with Gasteiger partial charge in [-0.3, -0.25) is 10.3 Å². The van der Waals surface area contributed by atoms with E-state index in [0.29, 0.717) is 5.56 Å². The maximum atomic E-state index is 9.14. The summed E-state index contributed by atoms with van der Waals surface area (Å²) in [7, 11) is 1.38. The molecular formula is C13H11N5O2. The Kier molecular flexibility index (Phi) is 5.98. The number of rotatable bonds is 5. The van der Waals surface area contributed by atoms with Crippen LogP contribution in [0.1, 0.15) is 5.56 Å². The number of hydroxylamine groups is 1. The Bertz CT molecular complexity index is 618. The highest BCUT2D eigenvalue weighted by molar-refractivity contribution is 5.81. The van der Waals surface area contributed by atoms with Crippen LogP contribution in [0.25, 0.3) is 0 Å². The molecule has 20 heavy (non-hydrogen) atoms. The molecule has 0 spiro atoms. The van der Waals surface area contributed by atoms with Gasteiger partial charge in [-0.25, -0.2) is 9.98 Å². The van der Waals surface area contributed by atoms with Crippen molar-refractivity contribution in [1.29, 1.82) is 10.5 Å². The minimum Gasteiger partial charge on any atom is -0.508 e. The largest absolute Gasteiger partial charge is 0.508 e. The van der Waals surface area contributed by atoms with E-state index in [2.05, 4.69) is 20.3 Å². The number of aromatic hydroxyl groups is 1. The number of benzene rings is 1. The quantitative estimate of drug-likeness (QED) is 0.361. The molecule has 0 unspecified atom stereocenters. The molecule has 0 heterocycles. The maximum absolute atomic E-state index is 9.14. The fourth-order valence-electron chi connectivity index (χ4n) is 1.13. The summed E-state index contributed by atoms with van der Waals surface area (Å²) in [5.74, 6) is 0.131. The van der Waals surface area contributed by atoms with Gasteiger partial charge in [0.25, 0.3) is 0 Å². The molecule has 0 amide bonds. The zero-order chi connectivity index (χ0) is 14.8. The van der Waals surface area contributed by atoms with Crippen LogP contribution in [0.5, 0.6) is 5.75 Å². The number of phenolic OH excluding ortho intramolecular Hbond substituents is 1. The lowest BCUT2D eigenvalue weighted by atomic mass is 10.2. The molecule has 1 rings (SSSR count). The van der Waals surface area contributed by atoms with E-state index in [1.807, 2.05) is 0 Å². The highest BCUT2D eigenvalue weighted by atomic mass is 16.6. The van der Waals surface area contributed by atoms with Gasteiger partial charge in [-0.2, -0.15) is 10.5 Å². The molecule has 2 N–H and O–H groups in total. The van der Waals surface area contributed by atoms with Crippen molar-refractivity contribution in [2.75, 3.05) is 7.11 Å². The molecular weight excluding hydrogens is 258 g/mol. The summed E-state index contributed by atoms with van der Waals surface area (Å²) < 4.78 is 0. The number of hydrogen-bond donors (Lipinski definition) is 2. The van der Waals surface area contributed by atoms with Crippen LogP contribution in [-0.4, -0.2) is 24.8 Å². The summed E-state index contributed by atoms with van der Waals surface area (Å²) in [5, 5.41) is 27.0. The van der Waals surface area contributed by atoms with Gasteiger partial charge in [-0.1, -0.05) is 0 Å². The Morgan fingerprint density at radius 3 is 2.35 bits per heavy atom. The first kappa shape index (κ1) is 14.9. The van der Waals surface area contributed by atoms with E-state index in [9.17, 15) is 0 Å². The fraction of sp³-hybridized carbons (Fsp3) is 0.0769. The van der Waals surface area contributed by atoms with Crippen LogP contribution < -0.4 is 5.48 Å². The van der Waals surface area contributed by atoms with Gasteiger partial charge in [0.1, 0.15) is 24.2 Å². The van der Waals surface area contributed by atoms with Crippen LogP contribution in [0.15, 0.2) is 45.6 Å². The van der Waals surface area contributed by atoms with Crippen molar-refractivity contribution in [1.82, 2.24) is 5.48 Å². The molecule has 0 saturated heterocycles. The molecule has 0 aliphatic heterocycles. The van der Waals surface area contributed by atoms with E-state index in [4.69, 9.17) is 15.6 Å². The predicted molar refractivity (Wildman–Crippen MR) is 72.6 cm³/mol. The molecule has 0 fully saturated rings. The van der Waals surface area contributed by atoms with Gasteiger partial charge in [0, 0.05) is 6.21 Å². The summed E-state index contributed by atoms with van der Waals surface area (Å²) in [5.41, 5.74) is 2.70. The van der Waals surface area contributed by atoms with E-state index in [1.54, 1.807) is 24.3 Å². The standard InChI is InChI=1S/C13H11N5O2/c1-20-18-9-17-13(7-15)12(6-14)16-8-10-2-4-11(19)5-3-10/h2-5,8-9,19H,1H3,(H,17,18)/b13-12-,16-8?. The summed E-state index contributed by atoms with van der Waals surface area (Å²) >= 11 is 0. The number of aliphatic imine (C=N–C) groups is 2. The van der Waals surface area contributed by atoms with Gasteiger partial charge in [-0.15, -0.1) is 0 Å². The second-order valence-electron chi connectivity index (χ2n) is 3.35. The summed E-state index contributed by atoms with van der Waals surface area (Å²) in [6, 6.07) is 9.78. The second-order valence-corrected chi connectivity index (χ2v) is 3.35. The average molecular weight is 269 g/mol. The minimum atomic E-state index is -0.146. The van der Waals surface area contributed by atoms with Gasteiger partial charge in [0.15, 0.2) is 11.4 Å². The third kappa shape index (κ3) is 4.61. The third-order valence-electron chi connectivity index (χ3n) is 2.04. The van der Waals surface area contributed by atoms with E-state index in [1.165, 1.54) is 25.5 Å². The van der Waals surface area contributed by atoms with Crippen molar-refractivity contribution in [3.63, 3.8) is 0 Å². The Morgan fingerprint density at radius 1 is 1.20 bits per heavy atom. The molecule has 0 radical (unpaired) electrons. The number of nitrogens with zero attached hydrogens (tertiary/aromatic N) is 4. The van der Waals surface area contributed by atoms with Crippen LogP contribution in [0.2, 0.25) is 0 Å². The van der Waals surface area contributed by atoms with Gasteiger partial charge in [0.2, 0.25) is 0 Å². The highest BCUT2D eigenvalue weighted by Crippen LogP contribution is 2.10. The lowest BCUT2D eigenvalue weighted by molar-refractivity contribution is 0.148. The molecule has 0 aromatic heterocycles. The van der Waals surface area contributed by atoms with Crippen LogP contribution in [-0.2, 0) is 4.84 Å². The molecule has 7 heteroatoms. The van der Waals surface area contributed by atoms with E-state index >= 15 is 0 Å². The molecule has 0 aliphatic carbocycles. The molecule has 0 aliphatic rings. The first-order valence-corrected chi connectivity index (χ1v) is 5.40. The Labute approximate surface area is 115 Å². The monoisotopic (exact) mass is 269 g/mol. The van der Waals surface area contributed by atoms with Crippen molar-refractivity contribution in [3.8, 4) is 17.9 Å². The van der Waals surface area contributed by atoms with E-state index < -0.39 is 0 Å². The van der Waals surface area contributed by atoms with Gasteiger partial charge >= 0.3 is 0 Å². The van der Waals surface area contributed by atoms with Crippen LogP contribution >= 0.6 is 0 Å². The van der Waals surface area contributed by atoms with E-state index in [-0.39, 0.29) is 17.1 Å². The summed E-state index contributed by atoms with van der Waals surface area (Å²) in [4.78, 5) is 12.1. The van der Waals surface area contributed by atoms with E-state index in [0.717, 1.165) is 6.34 Å². The number of nitrogens with one attached hydrogen (secondary N) is 1. The first-order chi connectivity index (χ1) is 9.71. The van der Waals surface area contributed by atoms with Crippen LogP contribution in [0.3, 0.4) is 0 Å². The highest BCUT2D eigenvalue weighted by Gasteiger charge is 2.02. The molecule has 1 aromatic rings. The number of nitriles is 2. The van der Waals surface area contributed by atoms with Crippen LogP contribution in [0.4, 0.5) is 0 Å². The van der Waals surface area contributed by atoms with Crippen LogP contribution in [0, 0.1) is 22.7 Å². The van der Waals surface area contributed by atoms with Gasteiger partial charge < -0.3 is 5.11 Å². The molecule has 0 bridgehead atoms. The normalized spacial score (nSPS) is 11.9.